The topological polar surface area (TPSA) is 52.7 Å². The monoisotopic (exact) mass is 309 g/mol. The molecule has 116 valence electrons. The van der Waals surface area contributed by atoms with Crippen LogP contribution >= 0.6 is 11.3 Å². The molecule has 1 aromatic heterocycles. The van der Waals surface area contributed by atoms with Gasteiger partial charge in [-0.3, -0.25) is 14.5 Å². The van der Waals surface area contributed by atoms with Gasteiger partial charge in [0.2, 0.25) is 5.91 Å². The van der Waals surface area contributed by atoms with Crippen LogP contribution in [-0.2, 0) is 4.79 Å². The second kappa shape index (κ2) is 7.56. The fourth-order valence-electron chi connectivity index (χ4n) is 2.27. The van der Waals surface area contributed by atoms with Crippen molar-refractivity contribution in [1.82, 2.24) is 15.1 Å². The third-order valence-corrected chi connectivity index (χ3v) is 4.50. The molecule has 1 saturated heterocycles. The van der Waals surface area contributed by atoms with Gasteiger partial charge in [0, 0.05) is 45.2 Å². The summed E-state index contributed by atoms with van der Waals surface area (Å²) in [5.74, 6) is 0.268. The van der Waals surface area contributed by atoms with Crippen molar-refractivity contribution in [1.29, 1.82) is 0 Å². The van der Waals surface area contributed by atoms with Crippen LogP contribution in [-0.4, -0.2) is 60.9 Å². The molecule has 0 atom stereocenters. The zero-order valence-electron chi connectivity index (χ0n) is 12.7. The van der Waals surface area contributed by atoms with E-state index < -0.39 is 0 Å². The van der Waals surface area contributed by atoms with Crippen LogP contribution in [0.5, 0.6) is 0 Å². The minimum atomic E-state index is 0.0327. The molecular formula is C15H23N3O2S. The van der Waals surface area contributed by atoms with Gasteiger partial charge in [-0.2, -0.15) is 0 Å². The average molecular weight is 309 g/mol. The van der Waals surface area contributed by atoms with Gasteiger partial charge in [0.1, 0.15) is 0 Å². The standard InChI is InChI=1S/C15H23N3O2S/c1-12(2)14(19)16-5-6-17-7-9-18(10-8-17)15(20)13-4-3-11-21-13/h3-4,11-12H,5-10H2,1-2H3,(H,16,19). The molecule has 0 aromatic carbocycles. The molecule has 2 amide bonds. The quantitative estimate of drug-likeness (QED) is 0.891. The van der Waals surface area contributed by atoms with Crippen molar-refractivity contribution in [3.63, 3.8) is 0 Å². The number of hydrogen-bond donors (Lipinski definition) is 1. The lowest BCUT2D eigenvalue weighted by Crippen LogP contribution is -2.50. The Morgan fingerprint density at radius 3 is 2.57 bits per heavy atom. The Balaban J connectivity index is 1.69. The number of nitrogens with zero attached hydrogens (tertiary/aromatic N) is 2. The van der Waals surface area contributed by atoms with Gasteiger partial charge < -0.3 is 10.2 Å². The predicted octanol–water partition coefficient (Wildman–Crippen LogP) is 1.28. The predicted molar refractivity (Wildman–Crippen MR) is 84.5 cm³/mol. The maximum atomic E-state index is 12.2. The van der Waals surface area contributed by atoms with E-state index in [1.54, 1.807) is 0 Å². The lowest BCUT2D eigenvalue weighted by Gasteiger charge is -2.34. The highest BCUT2D eigenvalue weighted by atomic mass is 32.1. The van der Waals surface area contributed by atoms with Gasteiger partial charge in [-0.1, -0.05) is 19.9 Å². The highest BCUT2D eigenvalue weighted by molar-refractivity contribution is 7.12. The van der Waals surface area contributed by atoms with Crippen LogP contribution in [0.1, 0.15) is 23.5 Å². The second-order valence-electron chi connectivity index (χ2n) is 5.56. The fourth-order valence-corrected chi connectivity index (χ4v) is 2.96. The van der Waals surface area contributed by atoms with Gasteiger partial charge in [0.05, 0.1) is 4.88 Å². The molecule has 0 aliphatic carbocycles. The van der Waals surface area contributed by atoms with Gasteiger partial charge in [0.25, 0.3) is 5.91 Å². The van der Waals surface area contributed by atoms with Crippen LogP contribution in [0.3, 0.4) is 0 Å². The number of thiophene rings is 1. The number of rotatable bonds is 5. The molecule has 1 N–H and O–H groups in total. The maximum Gasteiger partial charge on any atom is 0.264 e. The normalized spacial score (nSPS) is 16.2. The van der Waals surface area contributed by atoms with Crippen LogP contribution in [0.15, 0.2) is 17.5 Å². The maximum absolute atomic E-state index is 12.2. The van der Waals surface area contributed by atoms with Crippen molar-refractivity contribution >= 4 is 23.2 Å². The van der Waals surface area contributed by atoms with E-state index in [1.165, 1.54) is 11.3 Å². The van der Waals surface area contributed by atoms with Crippen LogP contribution < -0.4 is 5.32 Å². The molecule has 2 rings (SSSR count). The Morgan fingerprint density at radius 2 is 2.00 bits per heavy atom. The Morgan fingerprint density at radius 1 is 1.29 bits per heavy atom. The van der Waals surface area contributed by atoms with Crippen LogP contribution in [0, 0.1) is 5.92 Å². The first kappa shape index (κ1) is 16.0. The Labute approximate surface area is 129 Å². The average Bonchev–Trinajstić information content (AvgIpc) is 3.01. The highest BCUT2D eigenvalue weighted by Crippen LogP contribution is 2.13. The first-order chi connectivity index (χ1) is 10.1. The minimum Gasteiger partial charge on any atom is -0.355 e. The van der Waals surface area contributed by atoms with Gasteiger partial charge >= 0.3 is 0 Å². The first-order valence-electron chi connectivity index (χ1n) is 7.41. The van der Waals surface area contributed by atoms with Crippen molar-refractivity contribution in [3.05, 3.63) is 22.4 Å². The summed E-state index contributed by atoms with van der Waals surface area (Å²) in [6, 6.07) is 3.78. The largest absolute Gasteiger partial charge is 0.355 e. The number of piperazine rings is 1. The lowest BCUT2D eigenvalue weighted by molar-refractivity contribution is -0.124. The second-order valence-corrected chi connectivity index (χ2v) is 6.50. The smallest absolute Gasteiger partial charge is 0.264 e. The summed E-state index contributed by atoms with van der Waals surface area (Å²) in [7, 11) is 0. The molecule has 0 saturated carbocycles. The molecule has 2 heterocycles. The van der Waals surface area contributed by atoms with Crippen molar-refractivity contribution in [2.24, 2.45) is 5.92 Å². The molecule has 1 aliphatic rings. The molecule has 0 radical (unpaired) electrons. The first-order valence-corrected chi connectivity index (χ1v) is 8.28. The molecule has 0 unspecified atom stereocenters. The molecule has 0 spiro atoms. The van der Waals surface area contributed by atoms with E-state index in [0.717, 1.165) is 37.6 Å². The molecular weight excluding hydrogens is 286 g/mol. The third kappa shape index (κ3) is 4.54. The Bertz CT molecular complexity index is 465. The summed E-state index contributed by atoms with van der Waals surface area (Å²) in [6.07, 6.45) is 0. The number of hydrogen-bond acceptors (Lipinski definition) is 4. The van der Waals surface area contributed by atoms with Gasteiger partial charge in [-0.15, -0.1) is 11.3 Å². The number of carbonyl (C=O) groups is 2. The molecule has 1 fully saturated rings. The van der Waals surface area contributed by atoms with Crippen molar-refractivity contribution in [3.8, 4) is 0 Å². The Kier molecular flexibility index (Phi) is 5.76. The van der Waals surface area contributed by atoms with E-state index in [-0.39, 0.29) is 17.7 Å². The van der Waals surface area contributed by atoms with Gasteiger partial charge in [-0.05, 0) is 11.4 Å². The summed E-state index contributed by atoms with van der Waals surface area (Å²) in [4.78, 5) is 28.7. The number of carbonyl (C=O) groups excluding carboxylic acids is 2. The van der Waals surface area contributed by atoms with Crippen LogP contribution in [0.2, 0.25) is 0 Å². The summed E-state index contributed by atoms with van der Waals surface area (Å²) >= 11 is 1.49. The third-order valence-electron chi connectivity index (χ3n) is 3.64. The van der Waals surface area contributed by atoms with E-state index in [9.17, 15) is 9.59 Å². The molecule has 0 bridgehead atoms. The Hall–Kier alpha value is -1.40. The zero-order chi connectivity index (χ0) is 15.2. The van der Waals surface area contributed by atoms with E-state index in [1.807, 2.05) is 36.3 Å². The molecule has 1 aromatic rings. The van der Waals surface area contributed by atoms with E-state index in [4.69, 9.17) is 0 Å². The van der Waals surface area contributed by atoms with Gasteiger partial charge in [-0.25, -0.2) is 0 Å². The van der Waals surface area contributed by atoms with E-state index in [0.29, 0.717) is 6.54 Å². The molecule has 21 heavy (non-hydrogen) atoms. The SMILES string of the molecule is CC(C)C(=O)NCCN1CCN(C(=O)c2cccs2)CC1. The minimum absolute atomic E-state index is 0.0327. The summed E-state index contributed by atoms with van der Waals surface area (Å²) in [5, 5.41) is 4.86. The summed E-state index contributed by atoms with van der Waals surface area (Å²) in [5.41, 5.74) is 0. The summed E-state index contributed by atoms with van der Waals surface area (Å²) < 4.78 is 0. The number of nitrogens with one attached hydrogen (secondary N) is 1. The van der Waals surface area contributed by atoms with Crippen molar-refractivity contribution in [2.75, 3.05) is 39.3 Å². The van der Waals surface area contributed by atoms with Crippen molar-refractivity contribution in [2.45, 2.75) is 13.8 Å². The fraction of sp³-hybridized carbons (Fsp3) is 0.600. The summed E-state index contributed by atoms with van der Waals surface area (Å²) in [6.45, 7) is 8.57. The van der Waals surface area contributed by atoms with E-state index in [2.05, 4.69) is 10.2 Å². The zero-order valence-corrected chi connectivity index (χ0v) is 13.5. The van der Waals surface area contributed by atoms with E-state index >= 15 is 0 Å². The number of amides is 2. The van der Waals surface area contributed by atoms with Crippen molar-refractivity contribution < 1.29 is 9.59 Å². The molecule has 6 heteroatoms. The lowest BCUT2D eigenvalue weighted by atomic mass is 10.2. The van der Waals surface area contributed by atoms with Crippen LogP contribution in [0.25, 0.3) is 0 Å². The van der Waals surface area contributed by atoms with Gasteiger partial charge in [0.15, 0.2) is 0 Å². The molecule has 1 aliphatic heterocycles. The highest BCUT2D eigenvalue weighted by Gasteiger charge is 2.22. The molecule has 5 nitrogen and oxygen atoms in total. The van der Waals surface area contributed by atoms with Crippen LogP contribution in [0.4, 0.5) is 0 Å².